The van der Waals surface area contributed by atoms with E-state index in [0.29, 0.717) is 24.9 Å². The van der Waals surface area contributed by atoms with E-state index in [9.17, 15) is 4.79 Å². The lowest BCUT2D eigenvalue weighted by Crippen LogP contribution is -2.40. The molecule has 0 saturated carbocycles. The third-order valence-electron chi connectivity index (χ3n) is 3.11. The van der Waals surface area contributed by atoms with E-state index in [1.165, 1.54) is 0 Å². The molecule has 0 bridgehead atoms. The molecule has 3 N–H and O–H groups in total. The lowest BCUT2D eigenvalue weighted by molar-refractivity contribution is -0.117. The lowest BCUT2D eigenvalue weighted by atomic mass is 10.2. The standard InChI is InChI=1S/C12H17BrN4O/c13-9-3-4-11(15-7-9)16-12(18)8-17-5-1-2-10(17)6-14/h3-4,7,10H,1-2,5-6,8,14H2,(H,15,16,18). The normalized spacial score (nSPS) is 20.0. The van der Waals surface area contributed by atoms with Crippen LogP contribution in [0.25, 0.3) is 0 Å². The highest BCUT2D eigenvalue weighted by molar-refractivity contribution is 9.10. The van der Waals surface area contributed by atoms with Crippen molar-refractivity contribution in [2.24, 2.45) is 5.73 Å². The second kappa shape index (κ2) is 6.26. The maximum absolute atomic E-state index is 11.9. The minimum Gasteiger partial charge on any atom is -0.329 e. The van der Waals surface area contributed by atoms with Gasteiger partial charge < -0.3 is 11.1 Å². The average molecular weight is 313 g/mol. The van der Waals surface area contributed by atoms with Crippen LogP contribution in [0.2, 0.25) is 0 Å². The number of amides is 1. The van der Waals surface area contributed by atoms with Gasteiger partial charge in [-0.1, -0.05) is 0 Å². The maximum atomic E-state index is 11.9. The molecule has 2 rings (SSSR count). The largest absolute Gasteiger partial charge is 0.329 e. The maximum Gasteiger partial charge on any atom is 0.239 e. The quantitative estimate of drug-likeness (QED) is 0.876. The average Bonchev–Trinajstić information content (AvgIpc) is 2.79. The van der Waals surface area contributed by atoms with Crippen LogP contribution in [-0.2, 0) is 4.79 Å². The van der Waals surface area contributed by atoms with Gasteiger partial charge in [0.15, 0.2) is 0 Å². The molecule has 6 heteroatoms. The Hall–Kier alpha value is -0.980. The van der Waals surface area contributed by atoms with Crippen LogP contribution < -0.4 is 11.1 Å². The number of likely N-dealkylation sites (tertiary alicyclic amines) is 1. The Kier molecular flexibility index (Phi) is 4.68. The number of nitrogens with two attached hydrogens (primary N) is 1. The molecule has 0 aliphatic carbocycles. The van der Waals surface area contributed by atoms with Crippen molar-refractivity contribution >= 4 is 27.7 Å². The third kappa shape index (κ3) is 3.51. The van der Waals surface area contributed by atoms with Gasteiger partial charge in [0, 0.05) is 23.3 Å². The van der Waals surface area contributed by atoms with Crippen molar-refractivity contribution in [3.63, 3.8) is 0 Å². The van der Waals surface area contributed by atoms with Gasteiger partial charge in [-0.3, -0.25) is 9.69 Å². The summed E-state index contributed by atoms with van der Waals surface area (Å²) in [7, 11) is 0. The van der Waals surface area contributed by atoms with Crippen molar-refractivity contribution < 1.29 is 4.79 Å². The Bertz CT molecular complexity index is 409. The fourth-order valence-corrected chi connectivity index (χ4v) is 2.42. The fraction of sp³-hybridized carbons (Fsp3) is 0.500. The van der Waals surface area contributed by atoms with E-state index in [2.05, 4.69) is 31.1 Å². The van der Waals surface area contributed by atoms with E-state index in [0.717, 1.165) is 23.9 Å². The molecule has 1 aromatic rings. The summed E-state index contributed by atoms with van der Waals surface area (Å²) in [4.78, 5) is 18.1. The van der Waals surface area contributed by atoms with Crippen molar-refractivity contribution in [2.45, 2.75) is 18.9 Å². The van der Waals surface area contributed by atoms with Gasteiger partial charge in [0.1, 0.15) is 5.82 Å². The van der Waals surface area contributed by atoms with Gasteiger partial charge in [-0.25, -0.2) is 4.98 Å². The summed E-state index contributed by atoms with van der Waals surface area (Å²) in [6.45, 7) is 1.95. The molecule has 1 fully saturated rings. The number of carbonyl (C=O) groups is 1. The van der Waals surface area contributed by atoms with Gasteiger partial charge in [0.25, 0.3) is 0 Å². The molecule has 1 aliphatic rings. The van der Waals surface area contributed by atoms with Gasteiger partial charge in [0.05, 0.1) is 6.54 Å². The van der Waals surface area contributed by atoms with Crippen LogP contribution in [0.15, 0.2) is 22.8 Å². The van der Waals surface area contributed by atoms with E-state index in [4.69, 9.17) is 5.73 Å². The van der Waals surface area contributed by atoms with Crippen LogP contribution in [-0.4, -0.2) is 41.5 Å². The number of aromatic nitrogens is 1. The Balaban J connectivity index is 1.86. The van der Waals surface area contributed by atoms with E-state index in [-0.39, 0.29) is 5.91 Å². The molecule has 5 nitrogen and oxygen atoms in total. The molecule has 0 radical (unpaired) electrons. The third-order valence-corrected chi connectivity index (χ3v) is 3.58. The minimum atomic E-state index is -0.0369. The van der Waals surface area contributed by atoms with Crippen molar-refractivity contribution in [2.75, 3.05) is 25.0 Å². The summed E-state index contributed by atoms with van der Waals surface area (Å²) in [5, 5.41) is 2.79. The summed E-state index contributed by atoms with van der Waals surface area (Å²) < 4.78 is 0.892. The van der Waals surface area contributed by atoms with Crippen LogP contribution >= 0.6 is 15.9 Å². The van der Waals surface area contributed by atoms with Gasteiger partial charge in [-0.2, -0.15) is 0 Å². The van der Waals surface area contributed by atoms with Gasteiger partial charge >= 0.3 is 0 Å². The Morgan fingerprint density at radius 3 is 3.11 bits per heavy atom. The number of hydrogen-bond acceptors (Lipinski definition) is 4. The molecule has 0 spiro atoms. The highest BCUT2D eigenvalue weighted by Crippen LogP contribution is 2.16. The van der Waals surface area contributed by atoms with Crippen LogP contribution in [0.3, 0.4) is 0 Å². The second-order valence-corrected chi connectivity index (χ2v) is 5.33. The fourth-order valence-electron chi connectivity index (χ4n) is 2.19. The number of rotatable bonds is 4. The summed E-state index contributed by atoms with van der Waals surface area (Å²) in [5.74, 6) is 0.539. The Morgan fingerprint density at radius 2 is 2.44 bits per heavy atom. The first-order chi connectivity index (χ1) is 8.69. The molecule has 1 unspecified atom stereocenters. The zero-order chi connectivity index (χ0) is 13.0. The first kappa shape index (κ1) is 13.5. The lowest BCUT2D eigenvalue weighted by Gasteiger charge is -2.22. The number of pyridine rings is 1. The number of hydrogen-bond donors (Lipinski definition) is 2. The van der Waals surface area contributed by atoms with Crippen LogP contribution in [0.4, 0.5) is 5.82 Å². The zero-order valence-electron chi connectivity index (χ0n) is 10.1. The highest BCUT2D eigenvalue weighted by Gasteiger charge is 2.24. The molecule has 98 valence electrons. The molecule has 1 saturated heterocycles. The molecular formula is C12H17BrN4O. The second-order valence-electron chi connectivity index (χ2n) is 4.41. The summed E-state index contributed by atoms with van der Waals surface area (Å²) in [6, 6.07) is 3.96. The van der Waals surface area contributed by atoms with Crippen molar-refractivity contribution in [1.29, 1.82) is 0 Å². The SMILES string of the molecule is NCC1CCCN1CC(=O)Nc1ccc(Br)cn1. The number of anilines is 1. The van der Waals surface area contributed by atoms with Gasteiger partial charge in [-0.15, -0.1) is 0 Å². The van der Waals surface area contributed by atoms with Gasteiger partial charge in [-0.05, 0) is 47.4 Å². The first-order valence-electron chi connectivity index (χ1n) is 6.04. The predicted octanol–water partition coefficient (Wildman–Crippen LogP) is 1.21. The summed E-state index contributed by atoms with van der Waals surface area (Å²) in [6.07, 6.45) is 3.86. The Labute approximate surface area is 115 Å². The summed E-state index contributed by atoms with van der Waals surface area (Å²) in [5.41, 5.74) is 5.68. The molecule has 1 aromatic heterocycles. The van der Waals surface area contributed by atoms with E-state index in [1.807, 2.05) is 6.07 Å². The molecule has 1 aliphatic heterocycles. The number of nitrogens with zero attached hydrogens (tertiary/aromatic N) is 2. The smallest absolute Gasteiger partial charge is 0.239 e. The van der Waals surface area contributed by atoms with Gasteiger partial charge in [0.2, 0.25) is 5.91 Å². The van der Waals surface area contributed by atoms with Crippen LogP contribution in [0.1, 0.15) is 12.8 Å². The van der Waals surface area contributed by atoms with Crippen molar-refractivity contribution in [3.05, 3.63) is 22.8 Å². The molecule has 0 aromatic carbocycles. The monoisotopic (exact) mass is 312 g/mol. The molecule has 2 heterocycles. The van der Waals surface area contributed by atoms with E-state index >= 15 is 0 Å². The molecule has 18 heavy (non-hydrogen) atoms. The molecule has 1 atom stereocenters. The zero-order valence-corrected chi connectivity index (χ0v) is 11.7. The van der Waals surface area contributed by atoms with Crippen LogP contribution in [0.5, 0.6) is 0 Å². The molecule has 1 amide bonds. The Morgan fingerprint density at radius 1 is 1.61 bits per heavy atom. The number of carbonyl (C=O) groups excluding carboxylic acids is 1. The predicted molar refractivity (Wildman–Crippen MR) is 74.2 cm³/mol. The molecular weight excluding hydrogens is 296 g/mol. The summed E-state index contributed by atoms with van der Waals surface area (Å²) >= 11 is 3.30. The van der Waals surface area contributed by atoms with Crippen molar-refractivity contribution in [3.8, 4) is 0 Å². The highest BCUT2D eigenvalue weighted by atomic mass is 79.9. The van der Waals surface area contributed by atoms with E-state index < -0.39 is 0 Å². The number of halogens is 1. The topological polar surface area (TPSA) is 71.2 Å². The first-order valence-corrected chi connectivity index (χ1v) is 6.84. The van der Waals surface area contributed by atoms with Crippen molar-refractivity contribution in [1.82, 2.24) is 9.88 Å². The van der Waals surface area contributed by atoms with Crippen LogP contribution in [0, 0.1) is 0 Å². The minimum absolute atomic E-state index is 0.0369. The number of nitrogens with one attached hydrogen (secondary N) is 1. The van der Waals surface area contributed by atoms with E-state index in [1.54, 1.807) is 12.3 Å².